The molecule has 0 bridgehead atoms. The van der Waals surface area contributed by atoms with Crippen LogP contribution >= 0.6 is 0 Å². The molecule has 0 radical (unpaired) electrons. The average Bonchev–Trinajstić information content (AvgIpc) is 3.29. The number of rotatable bonds is 7. The van der Waals surface area contributed by atoms with Gasteiger partial charge in [0.05, 0.1) is 7.11 Å². The summed E-state index contributed by atoms with van der Waals surface area (Å²) in [4.78, 5) is 12.0. The number of aryl methyl sites for hydroxylation is 1. The Morgan fingerprint density at radius 2 is 2.14 bits per heavy atom. The van der Waals surface area contributed by atoms with Crippen molar-refractivity contribution in [2.24, 2.45) is 0 Å². The number of H-pyrrole nitrogens is 1. The van der Waals surface area contributed by atoms with Gasteiger partial charge in [0, 0.05) is 18.2 Å². The van der Waals surface area contributed by atoms with Crippen molar-refractivity contribution in [1.82, 2.24) is 15.5 Å². The van der Waals surface area contributed by atoms with E-state index in [0.29, 0.717) is 18.2 Å². The second-order valence-corrected chi connectivity index (χ2v) is 5.69. The first-order chi connectivity index (χ1) is 10.8. The molecule has 1 aliphatic carbocycles. The van der Waals surface area contributed by atoms with Crippen molar-refractivity contribution in [3.05, 3.63) is 47.3 Å². The molecule has 22 heavy (non-hydrogen) atoms. The van der Waals surface area contributed by atoms with E-state index >= 15 is 0 Å². The molecule has 116 valence electrons. The minimum absolute atomic E-state index is 0.0992. The molecule has 0 saturated heterocycles. The summed E-state index contributed by atoms with van der Waals surface area (Å²) in [5, 5.41) is 9.95. The van der Waals surface area contributed by atoms with E-state index in [1.165, 1.54) is 18.4 Å². The van der Waals surface area contributed by atoms with E-state index in [9.17, 15) is 4.79 Å². The Morgan fingerprint density at radius 1 is 1.36 bits per heavy atom. The van der Waals surface area contributed by atoms with Crippen LogP contribution in [0.3, 0.4) is 0 Å². The van der Waals surface area contributed by atoms with Gasteiger partial charge in [-0.05, 0) is 49.4 Å². The van der Waals surface area contributed by atoms with Crippen LogP contribution in [0.25, 0.3) is 0 Å². The Balaban J connectivity index is 1.40. The molecule has 1 heterocycles. The largest absolute Gasteiger partial charge is 0.497 e. The number of nitrogens with one attached hydrogen (secondary N) is 2. The summed E-state index contributed by atoms with van der Waals surface area (Å²) in [6.45, 7) is 0.649. The molecule has 1 aromatic heterocycles. The third kappa shape index (κ3) is 3.67. The van der Waals surface area contributed by atoms with Gasteiger partial charge in [-0.25, -0.2) is 0 Å². The molecule has 0 spiro atoms. The molecule has 2 aromatic rings. The molecule has 2 N–H and O–H groups in total. The van der Waals surface area contributed by atoms with E-state index in [0.717, 1.165) is 24.3 Å². The SMILES string of the molecule is COc1ccc(CCCNC(=O)c2cc(C3CC3)[nH]n2)cc1. The Labute approximate surface area is 130 Å². The van der Waals surface area contributed by atoms with Crippen LogP contribution in [0, 0.1) is 0 Å². The standard InChI is InChI=1S/C17H21N3O2/c1-22-14-8-4-12(5-9-14)3-2-10-18-17(21)16-11-15(19-20-16)13-6-7-13/h4-5,8-9,11,13H,2-3,6-7,10H2,1H3,(H,18,21)(H,19,20). The number of hydrogen-bond acceptors (Lipinski definition) is 3. The summed E-state index contributed by atoms with van der Waals surface area (Å²) in [6, 6.07) is 9.89. The van der Waals surface area contributed by atoms with Gasteiger partial charge < -0.3 is 10.1 Å². The molecule has 1 fully saturated rings. The fourth-order valence-corrected chi connectivity index (χ4v) is 2.43. The minimum atomic E-state index is -0.0992. The van der Waals surface area contributed by atoms with E-state index in [-0.39, 0.29) is 5.91 Å². The van der Waals surface area contributed by atoms with Crippen LogP contribution in [0.4, 0.5) is 0 Å². The van der Waals surface area contributed by atoms with Crippen molar-refractivity contribution in [2.75, 3.05) is 13.7 Å². The highest BCUT2D eigenvalue weighted by Crippen LogP contribution is 2.38. The summed E-state index contributed by atoms with van der Waals surface area (Å²) in [5.41, 5.74) is 2.82. The molecule has 5 heteroatoms. The van der Waals surface area contributed by atoms with Crippen LogP contribution in [0.5, 0.6) is 5.75 Å². The normalized spacial score (nSPS) is 13.9. The second kappa shape index (κ2) is 6.64. The lowest BCUT2D eigenvalue weighted by Gasteiger charge is -2.05. The number of benzene rings is 1. The summed E-state index contributed by atoms with van der Waals surface area (Å²) < 4.78 is 5.13. The lowest BCUT2D eigenvalue weighted by molar-refractivity contribution is 0.0948. The molecule has 1 amide bonds. The molecule has 1 saturated carbocycles. The fraction of sp³-hybridized carbons (Fsp3) is 0.412. The van der Waals surface area contributed by atoms with Gasteiger partial charge >= 0.3 is 0 Å². The first kappa shape index (κ1) is 14.6. The quantitative estimate of drug-likeness (QED) is 0.772. The van der Waals surface area contributed by atoms with E-state index in [2.05, 4.69) is 27.6 Å². The highest BCUT2D eigenvalue weighted by molar-refractivity contribution is 5.92. The summed E-state index contributed by atoms with van der Waals surface area (Å²) in [6.07, 6.45) is 4.23. The predicted molar refractivity (Wildman–Crippen MR) is 84.2 cm³/mol. The molecular weight excluding hydrogens is 278 g/mol. The van der Waals surface area contributed by atoms with Gasteiger partial charge in [0.15, 0.2) is 0 Å². The maximum atomic E-state index is 12.0. The van der Waals surface area contributed by atoms with Crippen molar-refractivity contribution in [3.8, 4) is 5.75 Å². The van der Waals surface area contributed by atoms with Crippen molar-refractivity contribution in [1.29, 1.82) is 0 Å². The Hall–Kier alpha value is -2.30. The van der Waals surface area contributed by atoms with Crippen molar-refractivity contribution in [3.63, 3.8) is 0 Å². The van der Waals surface area contributed by atoms with Crippen LogP contribution in [-0.2, 0) is 6.42 Å². The molecule has 0 unspecified atom stereocenters. The third-order valence-corrected chi connectivity index (χ3v) is 3.93. The molecule has 3 rings (SSSR count). The zero-order chi connectivity index (χ0) is 15.4. The maximum Gasteiger partial charge on any atom is 0.271 e. The molecular formula is C17H21N3O2. The van der Waals surface area contributed by atoms with Crippen LogP contribution < -0.4 is 10.1 Å². The number of methoxy groups -OCH3 is 1. The average molecular weight is 299 g/mol. The maximum absolute atomic E-state index is 12.0. The van der Waals surface area contributed by atoms with Crippen LogP contribution in [0.15, 0.2) is 30.3 Å². The monoisotopic (exact) mass is 299 g/mol. The lowest BCUT2D eigenvalue weighted by Crippen LogP contribution is -2.25. The highest BCUT2D eigenvalue weighted by Gasteiger charge is 2.26. The number of aromatic nitrogens is 2. The highest BCUT2D eigenvalue weighted by atomic mass is 16.5. The third-order valence-electron chi connectivity index (χ3n) is 3.93. The number of amides is 1. The molecule has 0 atom stereocenters. The van der Waals surface area contributed by atoms with E-state index in [4.69, 9.17) is 4.74 Å². The number of hydrogen-bond donors (Lipinski definition) is 2. The summed E-state index contributed by atoms with van der Waals surface area (Å²) >= 11 is 0. The van der Waals surface area contributed by atoms with Gasteiger partial charge in [0.25, 0.3) is 5.91 Å². The van der Waals surface area contributed by atoms with Gasteiger partial charge in [0.1, 0.15) is 11.4 Å². The lowest BCUT2D eigenvalue weighted by atomic mass is 10.1. The van der Waals surface area contributed by atoms with Crippen molar-refractivity contribution in [2.45, 2.75) is 31.6 Å². The summed E-state index contributed by atoms with van der Waals surface area (Å²) in [5.74, 6) is 1.35. The number of carbonyl (C=O) groups excluding carboxylic acids is 1. The predicted octanol–water partition coefficient (Wildman–Crippen LogP) is 2.66. The van der Waals surface area contributed by atoms with Crippen LogP contribution in [0.2, 0.25) is 0 Å². The molecule has 0 aliphatic heterocycles. The molecule has 1 aliphatic rings. The van der Waals surface area contributed by atoms with Crippen LogP contribution in [-0.4, -0.2) is 29.8 Å². The number of carbonyl (C=O) groups is 1. The summed E-state index contributed by atoms with van der Waals surface area (Å²) in [7, 11) is 1.66. The first-order valence-electron chi connectivity index (χ1n) is 7.72. The number of nitrogens with zero attached hydrogens (tertiary/aromatic N) is 1. The second-order valence-electron chi connectivity index (χ2n) is 5.69. The van der Waals surface area contributed by atoms with Crippen molar-refractivity contribution < 1.29 is 9.53 Å². The van der Waals surface area contributed by atoms with Gasteiger partial charge in [-0.3, -0.25) is 9.89 Å². The van der Waals surface area contributed by atoms with Crippen LogP contribution in [0.1, 0.15) is 46.9 Å². The Morgan fingerprint density at radius 3 is 2.82 bits per heavy atom. The van der Waals surface area contributed by atoms with Gasteiger partial charge in [-0.2, -0.15) is 5.10 Å². The van der Waals surface area contributed by atoms with Crippen molar-refractivity contribution >= 4 is 5.91 Å². The fourth-order valence-electron chi connectivity index (χ4n) is 2.43. The Bertz CT molecular complexity index is 630. The zero-order valence-electron chi connectivity index (χ0n) is 12.8. The van der Waals surface area contributed by atoms with E-state index in [1.807, 2.05) is 18.2 Å². The Kier molecular flexibility index (Phi) is 4.42. The zero-order valence-corrected chi connectivity index (χ0v) is 12.8. The minimum Gasteiger partial charge on any atom is -0.497 e. The first-order valence-corrected chi connectivity index (χ1v) is 7.72. The molecule has 5 nitrogen and oxygen atoms in total. The number of ether oxygens (including phenoxy) is 1. The van der Waals surface area contributed by atoms with Gasteiger partial charge in [-0.1, -0.05) is 12.1 Å². The smallest absolute Gasteiger partial charge is 0.271 e. The van der Waals surface area contributed by atoms with E-state index < -0.39 is 0 Å². The van der Waals surface area contributed by atoms with Gasteiger partial charge in [0.2, 0.25) is 0 Å². The van der Waals surface area contributed by atoms with E-state index in [1.54, 1.807) is 7.11 Å². The van der Waals surface area contributed by atoms with Gasteiger partial charge in [-0.15, -0.1) is 0 Å². The topological polar surface area (TPSA) is 67.0 Å². The number of aromatic amines is 1. The molecule has 1 aromatic carbocycles.